The van der Waals surface area contributed by atoms with Crippen LogP contribution in [0.5, 0.6) is 0 Å². The third-order valence-corrected chi connectivity index (χ3v) is 4.25. The van der Waals surface area contributed by atoms with Crippen molar-refractivity contribution in [2.75, 3.05) is 12.4 Å². The number of hydrogen-bond donors (Lipinski definition) is 2. The molecule has 1 aromatic carbocycles. The fourth-order valence-corrected chi connectivity index (χ4v) is 2.79. The summed E-state index contributed by atoms with van der Waals surface area (Å²) in [6.07, 6.45) is 4.77. The summed E-state index contributed by atoms with van der Waals surface area (Å²) < 4.78 is 0. The largest absolute Gasteiger partial charge is 0.388 e. The smallest absolute Gasteiger partial charge is 0.251 e. The number of amides is 1. The van der Waals surface area contributed by atoms with Gasteiger partial charge in [0.25, 0.3) is 5.91 Å². The topological polar surface area (TPSA) is 41.1 Å². The van der Waals surface area contributed by atoms with Crippen molar-refractivity contribution in [3.05, 3.63) is 29.8 Å². The number of rotatable bonds is 3. The second-order valence-electron chi connectivity index (χ2n) is 6.09. The number of anilines is 1. The van der Waals surface area contributed by atoms with Gasteiger partial charge in [0, 0.05) is 24.3 Å². The van der Waals surface area contributed by atoms with Crippen LogP contribution < -0.4 is 10.6 Å². The lowest BCUT2D eigenvalue weighted by molar-refractivity contribution is 0.0853. The average Bonchev–Trinajstić information content (AvgIpc) is 2.41. The Hall–Kier alpha value is -1.51. The molecule has 2 rings (SSSR count). The summed E-state index contributed by atoms with van der Waals surface area (Å²) in [6, 6.07) is 7.90. The molecular formula is C16H24N2O. The standard InChI is InChI=1S/C16H24N2O/c1-16(2)11-5-4-6-14(16)18-15(19)12-7-9-13(17-3)10-8-12/h7-10,14,17H,4-6,11H2,1-3H3,(H,18,19). The third kappa shape index (κ3) is 3.28. The number of carbonyl (C=O) groups excluding carboxylic acids is 1. The molecule has 104 valence electrons. The molecule has 1 aromatic rings. The molecule has 19 heavy (non-hydrogen) atoms. The predicted octanol–water partition coefficient (Wildman–Crippen LogP) is 3.43. The fraction of sp³-hybridized carbons (Fsp3) is 0.562. The SMILES string of the molecule is CNc1ccc(C(=O)NC2CCCCC2(C)C)cc1. The monoisotopic (exact) mass is 260 g/mol. The number of hydrogen-bond acceptors (Lipinski definition) is 2. The summed E-state index contributed by atoms with van der Waals surface area (Å²) in [6.45, 7) is 4.50. The van der Waals surface area contributed by atoms with E-state index in [0.717, 1.165) is 17.7 Å². The van der Waals surface area contributed by atoms with Crippen LogP contribution in [0.25, 0.3) is 0 Å². The van der Waals surface area contributed by atoms with Gasteiger partial charge >= 0.3 is 0 Å². The minimum atomic E-state index is 0.0441. The minimum Gasteiger partial charge on any atom is -0.388 e. The van der Waals surface area contributed by atoms with Gasteiger partial charge < -0.3 is 10.6 Å². The molecule has 1 aliphatic carbocycles. The van der Waals surface area contributed by atoms with Crippen molar-refractivity contribution in [3.63, 3.8) is 0 Å². The Bertz CT molecular complexity index is 437. The second kappa shape index (κ2) is 5.64. The molecule has 0 bridgehead atoms. The summed E-state index contributed by atoms with van der Waals surface area (Å²) in [7, 11) is 1.87. The zero-order valence-corrected chi connectivity index (χ0v) is 12.1. The molecule has 0 saturated heterocycles. The van der Waals surface area contributed by atoms with Crippen LogP contribution in [-0.2, 0) is 0 Å². The second-order valence-corrected chi connectivity index (χ2v) is 6.09. The molecule has 1 atom stereocenters. The summed E-state index contributed by atoms with van der Waals surface area (Å²) in [4.78, 5) is 12.3. The highest BCUT2D eigenvalue weighted by Gasteiger charge is 2.33. The van der Waals surface area contributed by atoms with E-state index < -0.39 is 0 Å². The molecule has 0 spiro atoms. The number of nitrogens with one attached hydrogen (secondary N) is 2. The lowest BCUT2D eigenvalue weighted by Gasteiger charge is -2.39. The van der Waals surface area contributed by atoms with Crippen molar-refractivity contribution in [2.45, 2.75) is 45.6 Å². The van der Waals surface area contributed by atoms with E-state index >= 15 is 0 Å². The lowest BCUT2D eigenvalue weighted by Crippen LogP contribution is -2.46. The molecule has 1 saturated carbocycles. The molecule has 0 aliphatic heterocycles. The van der Waals surface area contributed by atoms with E-state index in [0.29, 0.717) is 0 Å². The summed E-state index contributed by atoms with van der Waals surface area (Å²) in [5, 5.41) is 6.26. The van der Waals surface area contributed by atoms with Crippen molar-refractivity contribution >= 4 is 11.6 Å². The molecule has 1 fully saturated rings. The van der Waals surface area contributed by atoms with E-state index in [2.05, 4.69) is 24.5 Å². The zero-order valence-electron chi connectivity index (χ0n) is 12.1. The molecule has 1 unspecified atom stereocenters. The summed E-state index contributed by atoms with van der Waals surface area (Å²) in [5.74, 6) is 0.0441. The van der Waals surface area contributed by atoms with Crippen LogP contribution >= 0.6 is 0 Å². The van der Waals surface area contributed by atoms with Gasteiger partial charge in [-0.25, -0.2) is 0 Å². The normalized spacial score (nSPS) is 21.7. The van der Waals surface area contributed by atoms with Crippen LogP contribution in [0, 0.1) is 5.41 Å². The Kier molecular flexibility index (Phi) is 4.13. The number of benzene rings is 1. The van der Waals surface area contributed by atoms with Crippen LogP contribution in [0.2, 0.25) is 0 Å². The first kappa shape index (κ1) is 13.9. The van der Waals surface area contributed by atoms with Gasteiger partial charge in [-0.1, -0.05) is 26.7 Å². The highest BCUT2D eigenvalue weighted by molar-refractivity contribution is 5.94. The Balaban J connectivity index is 2.03. The van der Waals surface area contributed by atoms with Gasteiger partial charge in [-0.15, -0.1) is 0 Å². The van der Waals surface area contributed by atoms with E-state index in [1.807, 2.05) is 31.3 Å². The Morgan fingerprint density at radius 1 is 1.21 bits per heavy atom. The van der Waals surface area contributed by atoms with E-state index in [4.69, 9.17) is 0 Å². The average molecular weight is 260 g/mol. The van der Waals surface area contributed by atoms with Crippen molar-refractivity contribution in [1.82, 2.24) is 5.32 Å². The molecule has 0 aromatic heterocycles. The zero-order chi connectivity index (χ0) is 13.9. The van der Waals surface area contributed by atoms with Crippen molar-refractivity contribution in [2.24, 2.45) is 5.41 Å². The van der Waals surface area contributed by atoms with Gasteiger partial charge in [0.05, 0.1) is 0 Å². The Morgan fingerprint density at radius 2 is 1.89 bits per heavy atom. The summed E-state index contributed by atoms with van der Waals surface area (Å²) in [5.41, 5.74) is 1.97. The summed E-state index contributed by atoms with van der Waals surface area (Å²) >= 11 is 0. The third-order valence-electron chi connectivity index (χ3n) is 4.25. The molecule has 3 heteroatoms. The molecule has 0 heterocycles. The lowest BCUT2D eigenvalue weighted by atomic mass is 9.73. The van der Waals surface area contributed by atoms with Gasteiger partial charge in [0.15, 0.2) is 0 Å². The molecule has 1 aliphatic rings. The first-order valence-electron chi connectivity index (χ1n) is 7.11. The van der Waals surface area contributed by atoms with Crippen molar-refractivity contribution in [1.29, 1.82) is 0 Å². The van der Waals surface area contributed by atoms with E-state index in [1.165, 1.54) is 19.3 Å². The van der Waals surface area contributed by atoms with E-state index in [1.54, 1.807) is 0 Å². The van der Waals surface area contributed by atoms with Gasteiger partial charge in [-0.05, 0) is 42.5 Å². The van der Waals surface area contributed by atoms with E-state index in [9.17, 15) is 4.79 Å². The van der Waals surface area contributed by atoms with Crippen LogP contribution in [0.4, 0.5) is 5.69 Å². The van der Waals surface area contributed by atoms with Crippen molar-refractivity contribution in [3.8, 4) is 0 Å². The molecule has 3 nitrogen and oxygen atoms in total. The Morgan fingerprint density at radius 3 is 2.47 bits per heavy atom. The van der Waals surface area contributed by atoms with Crippen LogP contribution in [0.3, 0.4) is 0 Å². The molecule has 1 amide bonds. The maximum absolute atomic E-state index is 12.3. The highest BCUT2D eigenvalue weighted by atomic mass is 16.1. The van der Waals surface area contributed by atoms with Gasteiger partial charge in [0.2, 0.25) is 0 Å². The number of carbonyl (C=O) groups is 1. The predicted molar refractivity (Wildman–Crippen MR) is 79.5 cm³/mol. The van der Waals surface area contributed by atoms with Crippen LogP contribution in [0.15, 0.2) is 24.3 Å². The van der Waals surface area contributed by atoms with Gasteiger partial charge in [-0.3, -0.25) is 4.79 Å². The highest BCUT2D eigenvalue weighted by Crippen LogP contribution is 2.35. The van der Waals surface area contributed by atoms with Gasteiger partial charge in [-0.2, -0.15) is 0 Å². The van der Waals surface area contributed by atoms with Crippen LogP contribution in [0.1, 0.15) is 49.9 Å². The quantitative estimate of drug-likeness (QED) is 0.874. The van der Waals surface area contributed by atoms with Crippen molar-refractivity contribution < 1.29 is 4.79 Å². The first-order chi connectivity index (χ1) is 9.03. The van der Waals surface area contributed by atoms with E-state index in [-0.39, 0.29) is 17.4 Å². The Labute approximate surface area is 115 Å². The maximum atomic E-state index is 12.3. The maximum Gasteiger partial charge on any atom is 0.251 e. The minimum absolute atomic E-state index is 0.0441. The fourth-order valence-electron chi connectivity index (χ4n) is 2.79. The van der Waals surface area contributed by atoms with Crippen LogP contribution in [-0.4, -0.2) is 19.0 Å². The first-order valence-corrected chi connectivity index (χ1v) is 7.11. The molecular weight excluding hydrogens is 236 g/mol. The molecule has 0 radical (unpaired) electrons. The van der Waals surface area contributed by atoms with Gasteiger partial charge in [0.1, 0.15) is 0 Å². The molecule has 2 N–H and O–H groups in total.